The van der Waals surface area contributed by atoms with Crippen LogP contribution >= 0.6 is 0 Å². The van der Waals surface area contributed by atoms with Gasteiger partial charge in [0.25, 0.3) is 0 Å². The van der Waals surface area contributed by atoms with Crippen molar-refractivity contribution in [3.63, 3.8) is 0 Å². The Morgan fingerprint density at radius 2 is 1.91 bits per heavy atom. The van der Waals surface area contributed by atoms with Crippen molar-refractivity contribution in [3.8, 4) is 0 Å². The summed E-state index contributed by atoms with van der Waals surface area (Å²) in [4.78, 5) is 4.38. The van der Waals surface area contributed by atoms with Crippen LogP contribution in [0.15, 0.2) is 42.6 Å². The molecule has 0 radical (unpaired) electrons. The molecule has 0 spiro atoms. The maximum atomic E-state index is 2.37. The summed E-state index contributed by atoms with van der Waals surface area (Å²) in [5.74, 6) is 0. The molecule has 0 N–H and O–H groups in total. The monoisotopic (exact) mass is 307 g/mol. The Kier molecular flexibility index (Phi) is 4.39. The summed E-state index contributed by atoms with van der Waals surface area (Å²) in [7, 11) is 8.42. The molecular weight excluding hydrogens is 282 g/mol. The van der Waals surface area contributed by atoms with Gasteiger partial charge in [0.15, 0.2) is 0 Å². The van der Waals surface area contributed by atoms with E-state index >= 15 is 0 Å². The first-order valence-corrected chi connectivity index (χ1v) is 8.08. The van der Waals surface area contributed by atoms with Gasteiger partial charge in [-0.2, -0.15) is 0 Å². The Morgan fingerprint density at radius 3 is 2.65 bits per heavy atom. The fraction of sp³-hybridized carbons (Fsp3) is 0.300. The topological polar surface area (TPSA) is 11.4 Å². The van der Waals surface area contributed by atoms with Crippen LogP contribution in [-0.4, -0.2) is 44.2 Å². The smallest absolute Gasteiger partial charge is 0.0525 e. The van der Waals surface area contributed by atoms with Crippen molar-refractivity contribution in [1.29, 1.82) is 0 Å². The van der Waals surface area contributed by atoms with E-state index in [-0.39, 0.29) is 0 Å². The Labute approximate surface area is 139 Å². The molecule has 3 nitrogen and oxygen atoms in total. The molecule has 120 valence electrons. The highest BCUT2D eigenvalue weighted by molar-refractivity contribution is 5.89. The molecule has 0 fully saturated rings. The van der Waals surface area contributed by atoms with E-state index in [1.807, 2.05) is 0 Å². The number of aromatic nitrogens is 1. The van der Waals surface area contributed by atoms with Gasteiger partial charge >= 0.3 is 0 Å². The lowest BCUT2D eigenvalue weighted by molar-refractivity contribution is 0.417. The quantitative estimate of drug-likeness (QED) is 0.725. The number of hydrogen-bond donors (Lipinski definition) is 0. The number of benzene rings is 1. The summed E-state index contributed by atoms with van der Waals surface area (Å²) in [5, 5.41) is 0. The van der Waals surface area contributed by atoms with Crippen LogP contribution in [0.2, 0.25) is 0 Å². The molecule has 1 aromatic heterocycles. The zero-order chi connectivity index (χ0) is 16.4. The van der Waals surface area contributed by atoms with Gasteiger partial charge in [-0.25, -0.2) is 0 Å². The van der Waals surface area contributed by atoms with Crippen molar-refractivity contribution in [2.75, 3.05) is 39.6 Å². The highest BCUT2D eigenvalue weighted by Gasteiger charge is 2.15. The summed E-state index contributed by atoms with van der Waals surface area (Å²) < 4.78 is 2.21. The van der Waals surface area contributed by atoms with Crippen LogP contribution in [0.25, 0.3) is 17.8 Å². The molecule has 1 aliphatic heterocycles. The number of rotatable bonds is 4. The highest BCUT2D eigenvalue weighted by atomic mass is 15.1. The van der Waals surface area contributed by atoms with Gasteiger partial charge in [-0.3, -0.25) is 0 Å². The van der Waals surface area contributed by atoms with Crippen LogP contribution in [0.4, 0.5) is 5.69 Å². The second kappa shape index (κ2) is 6.47. The van der Waals surface area contributed by atoms with Crippen molar-refractivity contribution in [3.05, 3.63) is 59.4 Å². The Balaban J connectivity index is 2.10. The Hall–Kier alpha value is -2.26. The second-order valence-corrected chi connectivity index (χ2v) is 6.49. The van der Waals surface area contributed by atoms with Crippen LogP contribution in [0.5, 0.6) is 0 Å². The molecule has 0 atom stereocenters. The molecule has 0 saturated carbocycles. The molecule has 3 heteroatoms. The van der Waals surface area contributed by atoms with Crippen molar-refractivity contribution in [2.45, 2.75) is 6.42 Å². The van der Waals surface area contributed by atoms with Crippen LogP contribution in [0, 0.1) is 0 Å². The van der Waals surface area contributed by atoms with Gasteiger partial charge in [0.1, 0.15) is 0 Å². The van der Waals surface area contributed by atoms with Crippen LogP contribution < -0.4 is 4.90 Å². The fourth-order valence-electron chi connectivity index (χ4n) is 2.93. The maximum absolute atomic E-state index is 2.37. The van der Waals surface area contributed by atoms with Gasteiger partial charge in [-0.15, -0.1) is 0 Å². The number of fused-ring (bicyclic) bond motifs is 2. The highest BCUT2D eigenvalue weighted by Crippen LogP contribution is 2.33. The molecule has 0 bridgehead atoms. The zero-order valence-corrected chi connectivity index (χ0v) is 14.5. The summed E-state index contributed by atoms with van der Waals surface area (Å²) in [6, 6.07) is 11.0. The Morgan fingerprint density at radius 1 is 1.09 bits per heavy atom. The first-order chi connectivity index (χ1) is 11.1. The first kappa shape index (κ1) is 15.6. The molecule has 1 aliphatic rings. The van der Waals surface area contributed by atoms with Crippen LogP contribution in [0.3, 0.4) is 0 Å². The lowest BCUT2D eigenvalue weighted by Gasteiger charge is -2.17. The molecule has 0 amide bonds. The maximum Gasteiger partial charge on any atom is 0.0525 e. The summed E-state index contributed by atoms with van der Waals surface area (Å²) in [6.07, 6.45) is 9.88. The summed E-state index contributed by atoms with van der Waals surface area (Å²) in [6.45, 7) is 1.06. The molecule has 1 aromatic carbocycles. The van der Waals surface area contributed by atoms with Crippen molar-refractivity contribution >= 4 is 23.5 Å². The molecule has 0 unspecified atom stereocenters. The van der Waals surface area contributed by atoms with Crippen molar-refractivity contribution < 1.29 is 0 Å². The third-order valence-corrected chi connectivity index (χ3v) is 4.24. The molecule has 23 heavy (non-hydrogen) atoms. The molecule has 2 heterocycles. The van der Waals surface area contributed by atoms with E-state index in [9.17, 15) is 0 Å². The standard InChI is InChI=1S/C20H25N3/c1-21(2)12-5-7-18-19-15-17(22(3)4)10-9-16(19)11-14-23-13-6-8-20(18)23/h6-11,13-15H,5,12H2,1-4H3/b18-7+. The van der Waals surface area contributed by atoms with Crippen molar-refractivity contribution in [2.24, 2.45) is 0 Å². The zero-order valence-electron chi connectivity index (χ0n) is 14.5. The van der Waals surface area contributed by atoms with E-state index in [1.54, 1.807) is 0 Å². The SMILES string of the molecule is CN(C)CC/C=C1\c2cc(N(C)C)ccc2C=Cn2cccc21. The summed E-state index contributed by atoms with van der Waals surface area (Å²) >= 11 is 0. The van der Waals surface area contributed by atoms with E-state index in [1.165, 1.54) is 28.1 Å². The first-order valence-electron chi connectivity index (χ1n) is 8.08. The van der Waals surface area contributed by atoms with E-state index < -0.39 is 0 Å². The van der Waals surface area contributed by atoms with Gasteiger partial charge in [0.2, 0.25) is 0 Å². The average Bonchev–Trinajstić information content (AvgIpc) is 2.92. The molecule has 3 rings (SSSR count). The third-order valence-electron chi connectivity index (χ3n) is 4.24. The van der Waals surface area contributed by atoms with Crippen LogP contribution in [-0.2, 0) is 0 Å². The minimum atomic E-state index is 1.04. The minimum Gasteiger partial charge on any atom is -0.378 e. The number of hydrogen-bond acceptors (Lipinski definition) is 2. The average molecular weight is 307 g/mol. The molecule has 2 aromatic rings. The van der Waals surface area contributed by atoms with E-state index in [2.05, 4.69) is 97.4 Å². The number of nitrogens with zero attached hydrogens (tertiary/aromatic N) is 3. The third kappa shape index (κ3) is 3.25. The van der Waals surface area contributed by atoms with Crippen LogP contribution in [0.1, 0.15) is 23.2 Å². The minimum absolute atomic E-state index is 1.04. The molecule has 0 saturated heterocycles. The van der Waals surface area contributed by atoms with Crippen molar-refractivity contribution in [1.82, 2.24) is 9.47 Å². The molecule has 0 aliphatic carbocycles. The summed E-state index contributed by atoms with van der Waals surface area (Å²) in [5.41, 5.74) is 6.39. The van der Waals surface area contributed by atoms with Gasteiger partial charge in [0.05, 0.1) is 5.69 Å². The van der Waals surface area contributed by atoms with E-state index in [0.29, 0.717) is 0 Å². The number of anilines is 1. The predicted molar refractivity (Wildman–Crippen MR) is 101 cm³/mol. The van der Waals surface area contributed by atoms with Gasteiger partial charge in [0, 0.05) is 44.3 Å². The van der Waals surface area contributed by atoms with Gasteiger partial charge in [-0.05, 0) is 62.0 Å². The van der Waals surface area contributed by atoms with E-state index in [0.717, 1.165) is 13.0 Å². The normalized spacial score (nSPS) is 14.7. The van der Waals surface area contributed by atoms with Gasteiger partial charge < -0.3 is 14.4 Å². The fourth-order valence-corrected chi connectivity index (χ4v) is 2.93. The van der Waals surface area contributed by atoms with E-state index in [4.69, 9.17) is 0 Å². The predicted octanol–water partition coefficient (Wildman–Crippen LogP) is 3.88. The lowest BCUT2D eigenvalue weighted by Crippen LogP contribution is -2.12. The second-order valence-electron chi connectivity index (χ2n) is 6.49. The molecular formula is C20H25N3. The van der Waals surface area contributed by atoms with Gasteiger partial charge in [-0.1, -0.05) is 12.1 Å². The lowest BCUT2D eigenvalue weighted by atomic mass is 9.96. The Bertz CT molecular complexity index is 748. The largest absolute Gasteiger partial charge is 0.378 e.